The third-order valence-corrected chi connectivity index (χ3v) is 12.6. The van der Waals surface area contributed by atoms with Crippen molar-refractivity contribution in [1.29, 1.82) is 0 Å². The van der Waals surface area contributed by atoms with Crippen LogP contribution in [0.4, 0.5) is 0 Å². The van der Waals surface area contributed by atoms with Gasteiger partial charge in [-0.2, -0.15) is 0 Å². The molecule has 6 atom stereocenters. The first kappa shape index (κ1) is 42.0. The predicted octanol–water partition coefficient (Wildman–Crippen LogP) is 2.26. The lowest BCUT2D eigenvalue weighted by atomic mass is 9.83. The van der Waals surface area contributed by atoms with Crippen LogP contribution in [0.2, 0.25) is 0 Å². The summed E-state index contributed by atoms with van der Waals surface area (Å²) in [5.41, 5.74) is -0.415. The van der Waals surface area contributed by atoms with Gasteiger partial charge in [-0.25, -0.2) is 12.7 Å². The standard InChI is InChI=1S/C36H64N6O7S/c1-8-10-17-27(31(43)33(45)37-18-9-2)38-32(44)28-21-26(24(3)4)22-42(28)34(46)30(25-15-12-11-13-16-25)40-35(47)39-29(36(5,6)7)23-41-19-14-20-50(41,48)49/h9,24-30,35,39-40,47H,2,8,10-23H2,1,3-7H3,(H,37,45)(H,38,44)/t26-,27?,28+,29-,30+,35?/m1/s1. The van der Waals surface area contributed by atoms with Crippen molar-refractivity contribution in [3.8, 4) is 0 Å². The summed E-state index contributed by atoms with van der Waals surface area (Å²) in [6, 6.07) is -3.08. The molecule has 5 N–H and O–H groups in total. The van der Waals surface area contributed by atoms with E-state index in [0.29, 0.717) is 38.8 Å². The first-order chi connectivity index (χ1) is 23.5. The van der Waals surface area contributed by atoms with Gasteiger partial charge in [0.2, 0.25) is 27.6 Å². The summed E-state index contributed by atoms with van der Waals surface area (Å²) in [7, 11) is -3.35. The largest absolute Gasteiger partial charge is 0.365 e. The van der Waals surface area contributed by atoms with Crippen LogP contribution in [0, 0.1) is 23.2 Å². The van der Waals surface area contributed by atoms with Gasteiger partial charge >= 0.3 is 0 Å². The highest BCUT2D eigenvalue weighted by Crippen LogP contribution is 2.33. The van der Waals surface area contributed by atoms with Gasteiger partial charge in [-0.15, -0.1) is 6.58 Å². The van der Waals surface area contributed by atoms with Crippen LogP contribution in [-0.2, 0) is 29.2 Å². The number of sulfonamides is 1. The zero-order valence-electron chi connectivity index (χ0n) is 31.2. The highest BCUT2D eigenvalue weighted by Gasteiger charge is 2.46. The molecular weight excluding hydrogens is 660 g/mol. The fraction of sp³-hybridized carbons (Fsp3) is 0.833. The van der Waals surface area contributed by atoms with E-state index < -0.39 is 63.6 Å². The fourth-order valence-corrected chi connectivity index (χ4v) is 8.87. The number of hydrogen-bond donors (Lipinski definition) is 5. The number of nitrogens with one attached hydrogen (secondary N) is 4. The molecule has 2 saturated heterocycles. The smallest absolute Gasteiger partial charge is 0.289 e. The summed E-state index contributed by atoms with van der Waals surface area (Å²) in [4.78, 5) is 55.9. The highest BCUT2D eigenvalue weighted by molar-refractivity contribution is 7.89. The molecule has 0 spiro atoms. The molecule has 2 aliphatic heterocycles. The Kier molecular flexibility index (Phi) is 15.9. The van der Waals surface area contributed by atoms with Crippen LogP contribution in [0.1, 0.15) is 106 Å². The van der Waals surface area contributed by atoms with Gasteiger partial charge in [0.25, 0.3) is 5.91 Å². The Hall–Kier alpha value is -2.39. The highest BCUT2D eigenvalue weighted by atomic mass is 32.2. The van der Waals surface area contributed by atoms with Crippen molar-refractivity contribution in [2.45, 2.75) is 136 Å². The molecule has 3 rings (SSSR count). The lowest BCUT2D eigenvalue weighted by Gasteiger charge is -2.39. The molecule has 14 heteroatoms. The molecule has 1 aliphatic carbocycles. The van der Waals surface area contributed by atoms with Crippen LogP contribution in [0.25, 0.3) is 0 Å². The van der Waals surface area contributed by atoms with Gasteiger partial charge in [0.1, 0.15) is 6.04 Å². The molecule has 0 bridgehead atoms. The molecule has 0 aromatic carbocycles. The van der Waals surface area contributed by atoms with E-state index in [1.54, 1.807) is 4.90 Å². The van der Waals surface area contributed by atoms with Gasteiger partial charge in [-0.3, -0.25) is 29.8 Å². The van der Waals surface area contributed by atoms with Gasteiger partial charge < -0.3 is 20.6 Å². The maximum Gasteiger partial charge on any atom is 0.289 e. The van der Waals surface area contributed by atoms with Crippen molar-refractivity contribution in [3.63, 3.8) is 0 Å². The number of likely N-dealkylation sites (tertiary alicyclic amines) is 1. The lowest BCUT2D eigenvalue weighted by molar-refractivity contribution is -0.144. The number of ketones is 1. The number of carbonyl (C=O) groups is 4. The van der Waals surface area contributed by atoms with Crippen molar-refractivity contribution < 1.29 is 32.7 Å². The number of hydrogen-bond acceptors (Lipinski definition) is 9. The number of rotatable bonds is 18. The SMILES string of the molecule is C=CCNC(=O)C(=O)C(CCCC)NC(=O)[C@@H]1C[C@@H](C(C)C)CN1C(=O)[C@@H](NC(O)N[C@H](CN1CCCS1(=O)=O)C(C)(C)C)C1CCCCC1. The maximum atomic E-state index is 14.6. The van der Waals surface area contributed by atoms with Crippen molar-refractivity contribution in [2.24, 2.45) is 23.2 Å². The van der Waals surface area contributed by atoms with Crippen molar-refractivity contribution in [1.82, 2.24) is 30.5 Å². The first-order valence-electron chi connectivity index (χ1n) is 18.7. The number of unbranched alkanes of at least 4 members (excludes halogenated alkanes) is 1. The molecule has 1 saturated carbocycles. The monoisotopic (exact) mass is 724 g/mol. The van der Waals surface area contributed by atoms with Gasteiger partial charge in [-0.05, 0) is 55.3 Å². The Morgan fingerprint density at radius 3 is 2.26 bits per heavy atom. The molecule has 2 unspecified atom stereocenters. The third-order valence-electron chi connectivity index (χ3n) is 10.7. The summed E-state index contributed by atoms with van der Waals surface area (Å²) in [5.74, 6) is -1.99. The van der Waals surface area contributed by atoms with E-state index in [0.717, 1.165) is 38.5 Å². The van der Waals surface area contributed by atoms with E-state index in [-0.39, 0.29) is 42.5 Å². The van der Waals surface area contributed by atoms with Crippen molar-refractivity contribution in [3.05, 3.63) is 12.7 Å². The van der Waals surface area contributed by atoms with Crippen LogP contribution in [0.5, 0.6) is 0 Å². The zero-order valence-corrected chi connectivity index (χ0v) is 32.0. The minimum atomic E-state index is -3.35. The van der Waals surface area contributed by atoms with Gasteiger partial charge in [-0.1, -0.05) is 79.7 Å². The van der Waals surface area contributed by atoms with Gasteiger partial charge in [0.15, 0.2) is 6.35 Å². The van der Waals surface area contributed by atoms with E-state index in [2.05, 4.69) is 41.7 Å². The molecule has 0 aromatic heterocycles. The summed E-state index contributed by atoms with van der Waals surface area (Å²) < 4.78 is 26.7. The molecule has 3 aliphatic rings. The van der Waals surface area contributed by atoms with Gasteiger partial charge in [0.05, 0.1) is 17.8 Å². The minimum absolute atomic E-state index is 0.0399. The number of aliphatic hydroxyl groups is 1. The molecule has 50 heavy (non-hydrogen) atoms. The Bertz CT molecular complexity index is 1280. The molecule has 13 nitrogen and oxygen atoms in total. The average Bonchev–Trinajstić information content (AvgIpc) is 3.66. The lowest BCUT2D eigenvalue weighted by Crippen LogP contribution is -2.62. The van der Waals surface area contributed by atoms with E-state index in [1.807, 2.05) is 27.7 Å². The van der Waals surface area contributed by atoms with Crippen LogP contribution >= 0.6 is 0 Å². The van der Waals surface area contributed by atoms with Crippen LogP contribution < -0.4 is 21.3 Å². The summed E-state index contributed by atoms with van der Waals surface area (Å²) in [6.45, 7) is 16.7. The Morgan fingerprint density at radius 1 is 1.02 bits per heavy atom. The fourth-order valence-electron chi connectivity index (χ4n) is 7.34. The molecular formula is C36H64N6O7S. The number of carbonyl (C=O) groups excluding carboxylic acids is 4. The maximum absolute atomic E-state index is 14.6. The van der Waals surface area contributed by atoms with E-state index in [4.69, 9.17) is 0 Å². The topological polar surface area (TPSA) is 177 Å². The molecule has 0 aromatic rings. The molecule has 2 heterocycles. The van der Waals surface area contributed by atoms with Crippen LogP contribution in [-0.4, -0.2) is 109 Å². The molecule has 0 radical (unpaired) electrons. The van der Waals surface area contributed by atoms with E-state index in [9.17, 15) is 32.7 Å². The second-order valence-corrected chi connectivity index (χ2v) is 18.0. The number of aliphatic hydroxyl groups excluding tert-OH is 1. The summed E-state index contributed by atoms with van der Waals surface area (Å²) >= 11 is 0. The Morgan fingerprint density at radius 2 is 1.70 bits per heavy atom. The first-order valence-corrected chi connectivity index (χ1v) is 20.3. The van der Waals surface area contributed by atoms with E-state index in [1.165, 1.54) is 10.4 Å². The van der Waals surface area contributed by atoms with E-state index >= 15 is 0 Å². The summed E-state index contributed by atoms with van der Waals surface area (Å²) in [5, 5.41) is 23.1. The Labute approximate surface area is 300 Å². The number of nitrogens with zero attached hydrogens (tertiary/aromatic N) is 2. The second-order valence-electron chi connectivity index (χ2n) is 15.9. The third kappa shape index (κ3) is 11.6. The minimum Gasteiger partial charge on any atom is -0.365 e. The second kappa shape index (κ2) is 18.9. The van der Waals surface area contributed by atoms with Crippen molar-refractivity contribution in [2.75, 3.05) is 31.9 Å². The predicted molar refractivity (Wildman–Crippen MR) is 194 cm³/mol. The quantitative estimate of drug-likeness (QED) is 0.0807. The number of Topliss-reactive ketones (excluding diaryl/α,β-unsaturated/α-hetero) is 1. The normalized spacial score (nSPS) is 24.0. The van der Waals surface area contributed by atoms with Crippen LogP contribution in [0.3, 0.4) is 0 Å². The Balaban J connectivity index is 1.85. The average molecular weight is 725 g/mol. The summed E-state index contributed by atoms with van der Waals surface area (Å²) in [6.07, 6.45) is 7.38. The molecule has 286 valence electrons. The molecule has 3 amide bonds. The zero-order chi connectivity index (χ0) is 37.2. The molecule has 3 fully saturated rings. The van der Waals surface area contributed by atoms with Gasteiger partial charge in [0, 0.05) is 32.2 Å². The van der Waals surface area contributed by atoms with Crippen molar-refractivity contribution >= 4 is 33.5 Å². The van der Waals surface area contributed by atoms with Crippen LogP contribution in [0.15, 0.2) is 12.7 Å². The number of amides is 3.